The van der Waals surface area contributed by atoms with Gasteiger partial charge in [-0.2, -0.15) is 5.10 Å². The van der Waals surface area contributed by atoms with Gasteiger partial charge in [-0.25, -0.2) is 4.98 Å². The Hall–Kier alpha value is -1.56. The summed E-state index contributed by atoms with van der Waals surface area (Å²) in [5, 5.41) is 10.8. The zero-order chi connectivity index (χ0) is 12.4. The Kier molecular flexibility index (Phi) is 3.33. The molecule has 0 spiro atoms. The molecule has 0 atom stereocenters. The van der Waals surface area contributed by atoms with E-state index in [1.807, 2.05) is 20.9 Å². The van der Waals surface area contributed by atoms with E-state index in [9.17, 15) is 0 Å². The molecule has 17 heavy (non-hydrogen) atoms. The number of nitrogen functional groups attached to an aromatic ring is 1. The highest BCUT2D eigenvalue weighted by Gasteiger charge is 2.09. The monoisotopic (exact) mass is 251 g/mol. The van der Waals surface area contributed by atoms with E-state index in [4.69, 9.17) is 5.73 Å². The molecule has 0 amide bonds. The van der Waals surface area contributed by atoms with Crippen LogP contribution < -0.4 is 11.1 Å². The SMILES string of the molecule is Cc1nc(CCNc2c(N)c(C)nn2C)cs1. The normalized spacial score (nSPS) is 10.8. The Labute approximate surface area is 105 Å². The van der Waals surface area contributed by atoms with Gasteiger partial charge in [0.1, 0.15) is 5.82 Å². The molecule has 0 unspecified atom stereocenters. The van der Waals surface area contributed by atoms with E-state index < -0.39 is 0 Å². The predicted octanol–water partition coefficient (Wildman–Crippen LogP) is 1.73. The van der Waals surface area contributed by atoms with Crippen molar-refractivity contribution in [1.82, 2.24) is 14.8 Å². The van der Waals surface area contributed by atoms with E-state index >= 15 is 0 Å². The number of nitrogens with two attached hydrogens (primary N) is 1. The van der Waals surface area contributed by atoms with E-state index in [2.05, 4.69) is 20.8 Å². The van der Waals surface area contributed by atoms with Gasteiger partial charge in [0.25, 0.3) is 0 Å². The summed E-state index contributed by atoms with van der Waals surface area (Å²) in [6.07, 6.45) is 0.897. The quantitative estimate of drug-likeness (QED) is 0.868. The summed E-state index contributed by atoms with van der Waals surface area (Å²) in [6.45, 7) is 4.74. The fourth-order valence-electron chi connectivity index (χ4n) is 1.72. The van der Waals surface area contributed by atoms with Crippen molar-refractivity contribution >= 4 is 22.8 Å². The second-order valence-corrected chi connectivity index (χ2v) is 5.07. The van der Waals surface area contributed by atoms with Crippen LogP contribution in [-0.4, -0.2) is 21.3 Å². The topological polar surface area (TPSA) is 68.8 Å². The first kappa shape index (κ1) is 11.9. The molecule has 5 nitrogen and oxygen atoms in total. The van der Waals surface area contributed by atoms with Crippen molar-refractivity contribution < 1.29 is 0 Å². The van der Waals surface area contributed by atoms with Crippen molar-refractivity contribution in [2.24, 2.45) is 7.05 Å². The molecule has 2 aromatic heterocycles. The second-order valence-electron chi connectivity index (χ2n) is 4.01. The van der Waals surface area contributed by atoms with Gasteiger partial charge >= 0.3 is 0 Å². The molecule has 0 aliphatic carbocycles. The predicted molar refractivity (Wildman–Crippen MR) is 71.4 cm³/mol. The van der Waals surface area contributed by atoms with Gasteiger partial charge in [-0.3, -0.25) is 4.68 Å². The molecule has 0 aromatic carbocycles. The summed E-state index contributed by atoms with van der Waals surface area (Å²) in [7, 11) is 1.89. The molecular weight excluding hydrogens is 234 g/mol. The van der Waals surface area contributed by atoms with Crippen molar-refractivity contribution in [3.63, 3.8) is 0 Å². The first-order chi connectivity index (χ1) is 8.08. The lowest BCUT2D eigenvalue weighted by molar-refractivity contribution is 0.756. The lowest BCUT2D eigenvalue weighted by atomic mass is 10.3. The third kappa shape index (κ3) is 2.58. The minimum Gasteiger partial charge on any atom is -0.394 e. The van der Waals surface area contributed by atoms with Gasteiger partial charge in [0.15, 0.2) is 0 Å². The molecule has 92 valence electrons. The molecule has 2 heterocycles. The summed E-state index contributed by atoms with van der Waals surface area (Å²) in [5.41, 5.74) is 8.63. The van der Waals surface area contributed by atoms with Crippen molar-refractivity contribution in [3.05, 3.63) is 21.8 Å². The number of nitrogens with zero attached hydrogens (tertiary/aromatic N) is 3. The summed E-state index contributed by atoms with van der Waals surface area (Å²) >= 11 is 1.68. The number of aryl methyl sites for hydroxylation is 3. The molecule has 0 saturated heterocycles. The molecule has 6 heteroatoms. The molecule has 0 saturated carbocycles. The van der Waals surface area contributed by atoms with Crippen molar-refractivity contribution in [3.8, 4) is 0 Å². The number of thiazole rings is 1. The first-order valence-electron chi connectivity index (χ1n) is 5.52. The van der Waals surface area contributed by atoms with Crippen LogP contribution in [0.1, 0.15) is 16.4 Å². The fourth-order valence-corrected chi connectivity index (χ4v) is 2.36. The molecule has 0 bridgehead atoms. The molecule has 0 radical (unpaired) electrons. The Morgan fingerprint density at radius 3 is 2.76 bits per heavy atom. The minimum atomic E-state index is 0.724. The van der Waals surface area contributed by atoms with E-state index in [1.54, 1.807) is 16.0 Å². The fraction of sp³-hybridized carbons (Fsp3) is 0.455. The van der Waals surface area contributed by atoms with Crippen LogP contribution in [0.15, 0.2) is 5.38 Å². The molecule has 2 aromatic rings. The maximum Gasteiger partial charge on any atom is 0.147 e. The van der Waals surface area contributed by atoms with Crippen LogP contribution >= 0.6 is 11.3 Å². The smallest absolute Gasteiger partial charge is 0.147 e. The zero-order valence-corrected chi connectivity index (χ0v) is 11.1. The minimum absolute atomic E-state index is 0.724. The first-order valence-corrected chi connectivity index (χ1v) is 6.40. The largest absolute Gasteiger partial charge is 0.394 e. The van der Waals surface area contributed by atoms with Crippen LogP contribution in [0.3, 0.4) is 0 Å². The Morgan fingerprint density at radius 2 is 2.24 bits per heavy atom. The number of anilines is 2. The lowest BCUT2D eigenvalue weighted by Gasteiger charge is -2.06. The van der Waals surface area contributed by atoms with E-state index in [0.717, 1.165) is 40.9 Å². The summed E-state index contributed by atoms with van der Waals surface area (Å²) in [6, 6.07) is 0. The molecule has 0 fully saturated rings. The highest BCUT2D eigenvalue weighted by molar-refractivity contribution is 7.09. The van der Waals surface area contributed by atoms with E-state index in [1.165, 1.54) is 0 Å². The van der Waals surface area contributed by atoms with Crippen molar-refractivity contribution in [2.75, 3.05) is 17.6 Å². The molecule has 3 N–H and O–H groups in total. The molecular formula is C11H17N5S. The van der Waals surface area contributed by atoms with Crippen LogP contribution in [0.25, 0.3) is 0 Å². The van der Waals surface area contributed by atoms with Crippen LogP contribution in [0.2, 0.25) is 0 Å². The van der Waals surface area contributed by atoms with Crippen molar-refractivity contribution in [2.45, 2.75) is 20.3 Å². The van der Waals surface area contributed by atoms with Gasteiger partial charge in [0.2, 0.25) is 0 Å². The summed E-state index contributed by atoms with van der Waals surface area (Å²) in [4.78, 5) is 4.42. The van der Waals surface area contributed by atoms with E-state index in [-0.39, 0.29) is 0 Å². The number of nitrogens with one attached hydrogen (secondary N) is 1. The lowest BCUT2D eigenvalue weighted by Crippen LogP contribution is -2.10. The summed E-state index contributed by atoms with van der Waals surface area (Å²) < 4.78 is 1.77. The molecule has 0 aliphatic heterocycles. The van der Waals surface area contributed by atoms with Gasteiger partial charge in [-0.1, -0.05) is 0 Å². The Morgan fingerprint density at radius 1 is 1.47 bits per heavy atom. The Balaban J connectivity index is 1.94. The molecule has 0 aliphatic rings. The summed E-state index contributed by atoms with van der Waals surface area (Å²) in [5.74, 6) is 0.884. The van der Waals surface area contributed by atoms with Crippen LogP contribution in [-0.2, 0) is 13.5 Å². The van der Waals surface area contributed by atoms with Crippen molar-refractivity contribution in [1.29, 1.82) is 0 Å². The maximum atomic E-state index is 5.93. The highest BCUT2D eigenvalue weighted by atomic mass is 32.1. The maximum absolute atomic E-state index is 5.93. The van der Waals surface area contributed by atoms with Crippen LogP contribution in [0.4, 0.5) is 11.5 Å². The van der Waals surface area contributed by atoms with Gasteiger partial charge in [-0.15, -0.1) is 11.3 Å². The number of aromatic nitrogens is 3. The van der Waals surface area contributed by atoms with Gasteiger partial charge in [-0.05, 0) is 13.8 Å². The molecule has 2 rings (SSSR count). The van der Waals surface area contributed by atoms with Crippen LogP contribution in [0, 0.1) is 13.8 Å². The number of hydrogen-bond acceptors (Lipinski definition) is 5. The highest BCUT2D eigenvalue weighted by Crippen LogP contribution is 2.20. The zero-order valence-electron chi connectivity index (χ0n) is 10.3. The van der Waals surface area contributed by atoms with Gasteiger partial charge in [0.05, 0.1) is 22.1 Å². The van der Waals surface area contributed by atoms with E-state index in [0.29, 0.717) is 0 Å². The Bertz CT molecular complexity index is 514. The van der Waals surface area contributed by atoms with Crippen LogP contribution in [0.5, 0.6) is 0 Å². The standard InChI is InChI=1S/C11H17N5S/c1-7-10(12)11(16(3)15-7)13-5-4-9-6-17-8(2)14-9/h6,13H,4-5,12H2,1-3H3. The third-order valence-corrected chi connectivity index (χ3v) is 3.43. The second kappa shape index (κ2) is 4.75. The number of rotatable bonds is 4. The third-order valence-electron chi connectivity index (χ3n) is 2.61. The average Bonchev–Trinajstić information content (AvgIpc) is 2.78. The van der Waals surface area contributed by atoms with Gasteiger partial charge in [0, 0.05) is 25.4 Å². The number of hydrogen-bond donors (Lipinski definition) is 2. The average molecular weight is 251 g/mol. The van der Waals surface area contributed by atoms with Gasteiger partial charge < -0.3 is 11.1 Å².